The Bertz CT molecular complexity index is 457. The Hall–Kier alpha value is -0.810. The minimum Gasteiger partial charge on any atom is -0.364 e. The van der Waals surface area contributed by atoms with Crippen LogP contribution >= 0.6 is 24.0 Å². The number of nitrogens with two attached hydrogens (primary N) is 1. The number of halogens is 2. The average molecular weight is 319 g/mol. The largest absolute Gasteiger partial charge is 0.364 e. The number of hydrogen-bond acceptors (Lipinski definition) is 3. The van der Waals surface area contributed by atoms with Crippen LogP contribution < -0.4 is 5.73 Å². The first-order valence-corrected chi connectivity index (χ1v) is 6.83. The van der Waals surface area contributed by atoms with Crippen LogP contribution in [0.3, 0.4) is 0 Å². The van der Waals surface area contributed by atoms with Crippen molar-refractivity contribution in [2.75, 3.05) is 13.6 Å². The molecule has 20 heavy (non-hydrogen) atoms. The van der Waals surface area contributed by atoms with Gasteiger partial charge in [-0.25, -0.2) is 0 Å². The molecule has 1 aliphatic rings. The summed E-state index contributed by atoms with van der Waals surface area (Å²) in [5.74, 6) is 0.0101. The quantitative estimate of drug-likeness (QED) is 0.926. The van der Waals surface area contributed by atoms with E-state index in [1.54, 1.807) is 11.9 Å². The minimum atomic E-state index is -0.349. The highest BCUT2D eigenvalue weighted by molar-refractivity contribution is 6.30. The van der Waals surface area contributed by atoms with Crippen LogP contribution in [0, 0.1) is 0 Å². The highest BCUT2D eigenvalue weighted by Gasteiger charge is 2.31. The first kappa shape index (κ1) is 17.2. The Morgan fingerprint density at radius 1 is 1.50 bits per heavy atom. The Kier molecular flexibility index (Phi) is 6.76. The second-order valence-corrected chi connectivity index (χ2v) is 5.32. The molecule has 1 heterocycles. The van der Waals surface area contributed by atoms with Crippen molar-refractivity contribution in [1.29, 1.82) is 0 Å². The van der Waals surface area contributed by atoms with Crippen molar-refractivity contribution in [2.24, 2.45) is 5.73 Å². The smallest absolute Gasteiger partial charge is 0.251 e. The molecule has 1 aromatic carbocycles. The van der Waals surface area contributed by atoms with Gasteiger partial charge < -0.3 is 15.4 Å². The predicted molar refractivity (Wildman–Crippen MR) is 82.1 cm³/mol. The fourth-order valence-electron chi connectivity index (χ4n) is 2.29. The second kappa shape index (κ2) is 7.84. The van der Waals surface area contributed by atoms with Gasteiger partial charge in [0.1, 0.15) is 6.10 Å². The number of amides is 1. The number of benzene rings is 1. The first-order valence-electron chi connectivity index (χ1n) is 6.45. The minimum absolute atomic E-state index is 0. The van der Waals surface area contributed by atoms with Gasteiger partial charge in [0.2, 0.25) is 0 Å². The Balaban J connectivity index is 0.00000200. The third-order valence-electron chi connectivity index (χ3n) is 3.33. The molecule has 1 amide bonds. The highest BCUT2D eigenvalue weighted by atomic mass is 35.5. The van der Waals surface area contributed by atoms with Crippen molar-refractivity contribution >= 4 is 29.9 Å². The van der Waals surface area contributed by atoms with Gasteiger partial charge in [-0.05, 0) is 30.5 Å². The van der Waals surface area contributed by atoms with Crippen LogP contribution in [0.2, 0.25) is 5.02 Å². The van der Waals surface area contributed by atoms with Crippen molar-refractivity contribution in [3.63, 3.8) is 0 Å². The fourth-order valence-corrected chi connectivity index (χ4v) is 2.51. The SMILES string of the molecule is CN(Cc1cccc(Cl)c1)C(=O)[C@@H]1CC[C@H](CN)O1.Cl. The van der Waals surface area contributed by atoms with Gasteiger partial charge in [0.25, 0.3) is 5.91 Å². The van der Waals surface area contributed by atoms with Crippen molar-refractivity contribution in [3.8, 4) is 0 Å². The third kappa shape index (κ3) is 4.35. The molecule has 0 aliphatic carbocycles. The Morgan fingerprint density at radius 3 is 2.85 bits per heavy atom. The zero-order valence-corrected chi connectivity index (χ0v) is 13.0. The summed E-state index contributed by atoms with van der Waals surface area (Å²) in [7, 11) is 1.78. The molecule has 2 atom stereocenters. The zero-order valence-electron chi connectivity index (χ0n) is 11.4. The molecule has 1 aromatic rings. The zero-order chi connectivity index (χ0) is 13.8. The number of likely N-dealkylation sites (N-methyl/N-ethyl adjacent to an activating group) is 1. The molecule has 6 heteroatoms. The van der Waals surface area contributed by atoms with Crippen molar-refractivity contribution in [2.45, 2.75) is 31.6 Å². The molecular weight excluding hydrogens is 299 g/mol. The lowest BCUT2D eigenvalue weighted by Gasteiger charge is -2.21. The lowest BCUT2D eigenvalue weighted by atomic mass is 10.1. The van der Waals surface area contributed by atoms with Crippen molar-refractivity contribution in [3.05, 3.63) is 34.9 Å². The Labute approximate surface area is 130 Å². The normalized spacial score (nSPS) is 21.4. The van der Waals surface area contributed by atoms with Gasteiger partial charge in [0.05, 0.1) is 6.10 Å². The maximum Gasteiger partial charge on any atom is 0.251 e. The second-order valence-electron chi connectivity index (χ2n) is 4.88. The summed E-state index contributed by atoms with van der Waals surface area (Å²) < 4.78 is 5.61. The van der Waals surface area contributed by atoms with Gasteiger partial charge in [-0.3, -0.25) is 4.79 Å². The number of rotatable bonds is 4. The molecule has 0 aromatic heterocycles. The molecule has 0 spiro atoms. The first-order chi connectivity index (χ1) is 9.10. The van der Waals surface area contributed by atoms with Gasteiger partial charge in [-0.15, -0.1) is 12.4 Å². The van der Waals surface area contributed by atoms with Crippen LogP contribution in [0.1, 0.15) is 18.4 Å². The van der Waals surface area contributed by atoms with Crippen molar-refractivity contribution < 1.29 is 9.53 Å². The Morgan fingerprint density at radius 2 is 2.25 bits per heavy atom. The summed E-state index contributed by atoms with van der Waals surface area (Å²) in [4.78, 5) is 13.9. The van der Waals surface area contributed by atoms with E-state index in [0.717, 1.165) is 18.4 Å². The van der Waals surface area contributed by atoms with E-state index >= 15 is 0 Å². The fraction of sp³-hybridized carbons (Fsp3) is 0.500. The van der Waals surface area contributed by atoms with E-state index in [9.17, 15) is 4.79 Å². The molecule has 2 N–H and O–H groups in total. The van der Waals surface area contributed by atoms with Crippen LogP contribution in [0.25, 0.3) is 0 Å². The number of carbonyl (C=O) groups is 1. The van der Waals surface area contributed by atoms with Crippen LogP contribution in [-0.2, 0) is 16.1 Å². The van der Waals surface area contributed by atoms with Gasteiger partial charge in [0, 0.05) is 25.2 Å². The predicted octanol–water partition coefficient (Wildman–Crippen LogP) is 2.23. The van der Waals surface area contributed by atoms with E-state index in [-0.39, 0.29) is 30.5 Å². The van der Waals surface area contributed by atoms with Crippen LogP contribution in [-0.4, -0.2) is 36.6 Å². The standard InChI is InChI=1S/C14H19ClN2O2.ClH/c1-17(9-10-3-2-4-11(15)7-10)14(18)13-6-5-12(8-16)19-13;/h2-4,7,12-13H,5-6,8-9,16H2,1H3;1H/t12-,13+;/m1./s1. The van der Waals surface area contributed by atoms with Gasteiger partial charge in [-0.1, -0.05) is 23.7 Å². The number of carbonyl (C=O) groups excluding carboxylic acids is 1. The summed E-state index contributed by atoms with van der Waals surface area (Å²) in [6, 6.07) is 7.52. The van der Waals surface area contributed by atoms with E-state index in [4.69, 9.17) is 22.1 Å². The topological polar surface area (TPSA) is 55.6 Å². The van der Waals surface area contributed by atoms with Gasteiger partial charge >= 0.3 is 0 Å². The third-order valence-corrected chi connectivity index (χ3v) is 3.57. The van der Waals surface area contributed by atoms with E-state index in [2.05, 4.69) is 0 Å². The van der Waals surface area contributed by atoms with Crippen LogP contribution in [0.4, 0.5) is 0 Å². The molecule has 0 saturated carbocycles. The van der Waals surface area contributed by atoms with Gasteiger partial charge in [-0.2, -0.15) is 0 Å². The molecule has 4 nitrogen and oxygen atoms in total. The summed E-state index contributed by atoms with van der Waals surface area (Å²) >= 11 is 5.93. The van der Waals surface area contributed by atoms with Crippen molar-refractivity contribution in [1.82, 2.24) is 4.90 Å². The van der Waals surface area contributed by atoms with E-state index in [0.29, 0.717) is 18.1 Å². The van der Waals surface area contributed by atoms with Crippen LogP contribution in [0.5, 0.6) is 0 Å². The highest BCUT2D eigenvalue weighted by Crippen LogP contribution is 2.21. The molecule has 1 saturated heterocycles. The molecule has 0 bridgehead atoms. The molecule has 2 rings (SSSR count). The molecular formula is C14H20Cl2N2O2. The summed E-state index contributed by atoms with van der Waals surface area (Å²) in [6.07, 6.45) is 1.28. The van der Waals surface area contributed by atoms with E-state index in [1.165, 1.54) is 0 Å². The number of nitrogens with zero attached hydrogens (tertiary/aromatic N) is 1. The maximum absolute atomic E-state index is 12.2. The van der Waals surface area contributed by atoms with Gasteiger partial charge in [0.15, 0.2) is 0 Å². The lowest BCUT2D eigenvalue weighted by Crippen LogP contribution is -2.36. The van der Waals surface area contributed by atoms with Crippen LogP contribution in [0.15, 0.2) is 24.3 Å². The average Bonchev–Trinajstić information content (AvgIpc) is 2.86. The summed E-state index contributed by atoms with van der Waals surface area (Å²) in [5, 5.41) is 0.679. The molecule has 1 aliphatic heterocycles. The summed E-state index contributed by atoms with van der Waals surface area (Å²) in [6.45, 7) is 1.01. The number of hydrogen-bond donors (Lipinski definition) is 1. The molecule has 0 unspecified atom stereocenters. The number of ether oxygens (including phenoxy) is 1. The maximum atomic E-state index is 12.2. The summed E-state index contributed by atoms with van der Waals surface area (Å²) in [5.41, 5.74) is 6.56. The molecule has 0 radical (unpaired) electrons. The molecule has 1 fully saturated rings. The van der Waals surface area contributed by atoms with E-state index < -0.39 is 0 Å². The monoisotopic (exact) mass is 318 g/mol. The van der Waals surface area contributed by atoms with E-state index in [1.807, 2.05) is 24.3 Å². The molecule has 112 valence electrons. The lowest BCUT2D eigenvalue weighted by molar-refractivity contribution is -0.141.